The van der Waals surface area contributed by atoms with Gasteiger partial charge in [-0.25, -0.2) is 0 Å². The Morgan fingerprint density at radius 2 is 1.67 bits per heavy atom. The Hall–Kier alpha value is -2.31. The van der Waals surface area contributed by atoms with Crippen LogP contribution in [0.25, 0.3) is 0 Å². The lowest BCUT2D eigenvalue weighted by Crippen LogP contribution is -2.11. The first-order valence-corrected chi connectivity index (χ1v) is 7.09. The van der Waals surface area contributed by atoms with E-state index in [9.17, 15) is 0 Å². The third kappa shape index (κ3) is 4.34. The number of rotatable bonds is 5. The minimum absolute atomic E-state index is 0.206. The maximum atomic E-state index is 8.82. The topological polar surface area (TPSA) is 39.1 Å². The lowest BCUT2D eigenvalue weighted by Gasteiger charge is -2.16. The van der Waals surface area contributed by atoms with Crippen LogP contribution in [0, 0.1) is 11.3 Å². The zero-order valence-electron chi connectivity index (χ0n) is 12.8. The van der Waals surface area contributed by atoms with Crippen molar-refractivity contribution in [3.8, 4) is 6.07 Å². The third-order valence-corrected chi connectivity index (χ3v) is 3.38. The Morgan fingerprint density at radius 3 is 2.19 bits per heavy atom. The summed E-state index contributed by atoms with van der Waals surface area (Å²) in [6.07, 6.45) is 0. The van der Waals surface area contributed by atoms with Crippen molar-refractivity contribution in [2.24, 2.45) is 0 Å². The van der Waals surface area contributed by atoms with Gasteiger partial charge in [0, 0.05) is 18.3 Å². The molecule has 0 aliphatic carbocycles. The molecule has 0 spiro atoms. The zero-order chi connectivity index (χ0) is 15.2. The van der Waals surface area contributed by atoms with Crippen molar-refractivity contribution in [3.05, 3.63) is 65.2 Å². The molecule has 0 radical (unpaired) electrons. The summed E-state index contributed by atoms with van der Waals surface area (Å²) in [5.74, 6) is 0. The normalized spacial score (nSPS) is 12.0. The Kier molecular flexibility index (Phi) is 4.97. The fraction of sp³-hybridized carbons (Fsp3) is 0.278. The van der Waals surface area contributed by atoms with Gasteiger partial charge >= 0.3 is 0 Å². The van der Waals surface area contributed by atoms with E-state index in [1.165, 1.54) is 11.1 Å². The van der Waals surface area contributed by atoms with E-state index in [1.807, 2.05) is 24.3 Å². The summed E-state index contributed by atoms with van der Waals surface area (Å²) in [4.78, 5) is 2.15. The molecule has 0 saturated heterocycles. The predicted octanol–water partition coefficient (Wildman–Crippen LogP) is 3.79. The van der Waals surface area contributed by atoms with Crippen LogP contribution < -0.4 is 5.32 Å². The molecule has 0 aliphatic heterocycles. The monoisotopic (exact) mass is 279 g/mol. The lowest BCUT2D eigenvalue weighted by atomic mass is 10.1. The molecule has 1 N–H and O–H groups in total. The van der Waals surface area contributed by atoms with Gasteiger partial charge in [-0.05, 0) is 56.4 Å². The average molecular weight is 279 g/mol. The number of hydrogen-bond acceptors (Lipinski definition) is 3. The maximum Gasteiger partial charge on any atom is 0.0991 e. The molecule has 0 heterocycles. The van der Waals surface area contributed by atoms with E-state index in [0.29, 0.717) is 5.56 Å². The van der Waals surface area contributed by atoms with Gasteiger partial charge in [0.05, 0.1) is 11.6 Å². The standard InChI is InChI=1S/C18H21N3/c1-14(17-8-4-15(12-19)5-9-17)20-18-10-6-16(7-11-18)13-21(2)3/h4-11,14,20H,13H2,1-3H3. The highest BCUT2D eigenvalue weighted by molar-refractivity contribution is 5.47. The van der Waals surface area contributed by atoms with Crippen molar-refractivity contribution in [2.75, 3.05) is 19.4 Å². The second-order valence-electron chi connectivity index (χ2n) is 5.53. The molecule has 2 rings (SSSR count). The van der Waals surface area contributed by atoms with Crippen LogP contribution in [0.5, 0.6) is 0 Å². The van der Waals surface area contributed by atoms with Crippen LogP contribution in [0.15, 0.2) is 48.5 Å². The van der Waals surface area contributed by atoms with Gasteiger partial charge in [-0.3, -0.25) is 0 Å². The Labute approximate surface area is 126 Å². The summed E-state index contributed by atoms with van der Waals surface area (Å²) in [6.45, 7) is 3.07. The van der Waals surface area contributed by atoms with Crippen molar-refractivity contribution in [3.63, 3.8) is 0 Å². The molecule has 0 amide bonds. The van der Waals surface area contributed by atoms with Gasteiger partial charge in [0.2, 0.25) is 0 Å². The number of benzene rings is 2. The second kappa shape index (κ2) is 6.92. The first-order chi connectivity index (χ1) is 10.1. The van der Waals surface area contributed by atoms with Crippen molar-refractivity contribution >= 4 is 5.69 Å². The van der Waals surface area contributed by atoms with Crippen LogP contribution in [0.2, 0.25) is 0 Å². The summed E-state index contributed by atoms with van der Waals surface area (Å²) in [5.41, 5.74) is 4.27. The number of nitriles is 1. The highest BCUT2D eigenvalue weighted by Crippen LogP contribution is 2.20. The van der Waals surface area contributed by atoms with E-state index < -0.39 is 0 Å². The van der Waals surface area contributed by atoms with E-state index in [0.717, 1.165) is 12.2 Å². The number of hydrogen-bond donors (Lipinski definition) is 1. The molecule has 108 valence electrons. The van der Waals surface area contributed by atoms with Crippen LogP contribution in [0.3, 0.4) is 0 Å². The quantitative estimate of drug-likeness (QED) is 0.905. The van der Waals surface area contributed by atoms with Crippen molar-refractivity contribution in [2.45, 2.75) is 19.5 Å². The molecule has 0 saturated carbocycles. The number of nitrogens with one attached hydrogen (secondary N) is 1. The average Bonchev–Trinajstić information content (AvgIpc) is 2.49. The molecule has 1 atom stereocenters. The third-order valence-electron chi connectivity index (χ3n) is 3.38. The zero-order valence-corrected chi connectivity index (χ0v) is 12.8. The molecular weight excluding hydrogens is 258 g/mol. The van der Waals surface area contributed by atoms with Gasteiger partial charge in [-0.1, -0.05) is 24.3 Å². The maximum absolute atomic E-state index is 8.82. The Balaban J connectivity index is 2.01. The van der Waals surface area contributed by atoms with Gasteiger partial charge in [-0.15, -0.1) is 0 Å². The summed E-state index contributed by atoms with van der Waals surface area (Å²) >= 11 is 0. The molecule has 1 unspecified atom stereocenters. The largest absolute Gasteiger partial charge is 0.379 e. The Bertz CT molecular complexity index is 606. The first kappa shape index (κ1) is 15.1. The fourth-order valence-electron chi connectivity index (χ4n) is 2.25. The van der Waals surface area contributed by atoms with E-state index in [4.69, 9.17) is 5.26 Å². The Morgan fingerprint density at radius 1 is 1.05 bits per heavy atom. The van der Waals surface area contributed by atoms with E-state index in [2.05, 4.69) is 61.6 Å². The minimum atomic E-state index is 0.206. The second-order valence-corrected chi connectivity index (χ2v) is 5.53. The van der Waals surface area contributed by atoms with Gasteiger partial charge in [0.25, 0.3) is 0 Å². The molecule has 3 nitrogen and oxygen atoms in total. The molecular formula is C18H21N3. The van der Waals surface area contributed by atoms with Crippen molar-refractivity contribution in [1.82, 2.24) is 4.90 Å². The van der Waals surface area contributed by atoms with E-state index in [1.54, 1.807) is 0 Å². The van der Waals surface area contributed by atoms with Crippen LogP contribution in [-0.2, 0) is 6.54 Å². The van der Waals surface area contributed by atoms with Gasteiger partial charge < -0.3 is 10.2 Å². The highest BCUT2D eigenvalue weighted by Gasteiger charge is 2.05. The minimum Gasteiger partial charge on any atom is -0.379 e. The summed E-state index contributed by atoms with van der Waals surface area (Å²) in [6, 6.07) is 18.6. The predicted molar refractivity (Wildman–Crippen MR) is 87.0 cm³/mol. The molecule has 21 heavy (non-hydrogen) atoms. The van der Waals surface area contributed by atoms with E-state index >= 15 is 0 Å². The highest BCUT2D eigenvalue weighted by atomic mass is 15.0. The summed E-state index contributed by atoms with van der Waals surface area (Å²) in [5, 5.41) is 12.3. The number of anilines is 1. The first-order valence-electron chi connectivity index (χ1n) is 7.09. The summed E-state index contributed by atoms with van der Waals surface area (Å²) < 4.78 is 0. The smallest absolute Gasteiger partial charge is 0.0991 e. The van der Waals surface area contributed by atoms with Crippen LogP contribution >= 0.6 is 0 Å². The fourth-order valence-corrected chi connectivity index (χ4v) is 2.25. The molecule has 0 bridgehead atoms. The van der Waals surface area contributed by atoms with Gasteiger partial charge in [0.15, 0.2) is 0 Å². The van der Waals surface area contributed by atoms with Crippen LogP contribution in [-0.4, -0.2) is 19.0 Å². The summed E-state index contributed by atoms with van der Waals surface area (Å²) in [7, 11) is 4.14. The molecule has 0 fully saturated rings. The van der Waals surface area contributed by atoms with Crippen molar-refractivity contribution < 1.29 is 0 Å². The lowest BCUT2D eigenvalue weighted by molar-refractivity contribution is 0.402. The molecule has 3 heteroatoms. The SMILES string of the molecule is CC(Nc1ccc(CN(C)C)cc1)c1ccc(C#N)cc1. The van der Waals surface area contributed by atoms with Crippen LogP contribution in [0.1, 0.15) is 29.7 Å². The molecule has 0 aromatic heterocycles. The van der Waals surface area contributed by atoms with E-state index in [-0.39, 0.29) is 6.04 Å². The van der Waals surface area contributed by atoms with Gasteiger partial charge in [-0.2, -0.15) is 5.26 Å². The van der Waals surface area contributed by atoms with Crippen LogP contribution in [0.4, 0.5) is 5.69 Å². The van der Waals surface area contributed by atoms with Crippen molar-refractivity contribution in [1.29, 1.82) is 5.26 Å². The number of nitrogens with zero attached hydrogens (tertiary/aromatic N) is 2. The van der Waals surface area contributed by atoms with Gasteiger partial charge in [0.1, 0.15) is 0 Å². The molecule has 2 aromatic carbocycles. The molecule has 2 aromatic rings. The molecule has 0 aliphatic rings.